The molecular formula is C14H20ClNO. The second-order valence-electron chi connectivity index (χ2n) is 4.16. The van der Waals surface area contributed by atoms with Crippen LogP contribution in [0.4, 0.5) is 0 Å². The van der Waals surface area contributed by atoms with Crippen molar-refractivity contribution in [3.05, 3.63) is 48.0 Å². The SMILES string of the molecule is C=C(CCl)CN(C)CCOCc1ccccc1. The third kappa shape index (κ3) is 6.47. The summed E-state index contributed by atoms with van der Waals surface area (Å²) in [5.41, 5.74) is 2.25. The van der Waals surface area contributed by atoms with Crippen LogP contribution in [0.3, 0.4) is 0 Å². The molecule has 1 aromatic carbocycles. The molecule has 0 aliphatic rings. The largest absolute Gasteiger partial charge is 0.375 e. The van der Waals surface area contributed by atoms with Crippen LogP contribution in [0.15, 0.2) is 42.5 Å². The van der Waals surface area contributed by atoms with Crippen molar-refractivity contribution in [1.29, 1.82) is 0 Å². The molecule has 0 aliphatic heterocycles. The van der Waals surface area contributed by atoms with Crippen molar-refractivity contribution < 1.29 is 4.74 Å². The molecule has 0 aromatic heterocycles. The molecule has 1 rings (SSSR count). The van der Waals surface area contributed by atoms with Crippen LogP contribution < -0.4 is 0 Å². The number of nitrogens with zero attached hydrogens (tertiary/aromatic N) is 1. The predicted molar refractivity (Wildman–Crippen MR) is 73.5 cm³/mol. The number of benzene rings is 1. The molecule has 0 atom stereocenters. The Bertz CT molecular complexity index is 326. The van der Waals surface area contributed by atoms with Crippen LogP contribution in [-0.2, 0) is 11.3 Å². The molecule has 0 saturated heterocycles. The van der Waals surface area contributed by atoms with Crippen LogP contribution >= 0.6 is 11.6 Å². The zero-order valence-corrected chi connectivity index (χ0v) is 11.1. The fourth-order valence-corrected chi connectivity index (χ4v) is 1.57. The first kappa shape index (κ1) is 14.2. The molecule has 0 spiro atoms. The molecule has 1 aromatic rings. The van der Waals surface area contributed by atoms with Crippen molar-refractivity contribution in [1.82, 2.24) is 4.90 Å². The molecule has 0 saturated carbocycles. The van der Waals surface area contributed by atoms with E-state index in [2.05, 4.69) is 23.6 Å². The topological polar surface area (TPSA) is 12.5 Å². The van der Waals surface area contributed by atoms with Gasteiger partial charge in [0.15, 0.2) is 0 Å². The van der Waals surface area contributed by atoms with E-state index in [-0.39, 0.29) is 0 Å². The maximum absolute atomic E-state index is 5.68. The van der Waals surface area contributed by atoms with E-state index in [0.29, 0.717) is 12.5 Å². The van der Waals surface area contributed by atoms with Gasteiger partial charge in [0.1, 0.15) is 0 Å². The van der Waals surface area contributed by atoms with E-state index in [1.807, 2.05) is 25.2 Å². The van der Waals surface area contributed by atoms with Crippen molar-refractivity contribution >= 4 is 11.6 Å². The fourth-order valence-electron chi connectivity index (χ4n) is 1.49. The highest BCUT2D eigenvalue weighted by atomic mass is 35.5. The Labute approximate surface area is 109 Å². The van der Waals surface area contributed by atoms with E-state index < -0.39 is 0 Å². The quantitative estimate of drug-likeness (QED) is 0.401. The van der Waals surface area contributed by atoms with Gasteiger partial charge in [-0.2, -0.15) is 0 Å². The molecule has 0 fully saturated rings. The van der Waals surface area contributed by atoms with Gasteiger partial charge < -0.3 is 9.64 Å². The highest BCUT2D eigenvalue weighted by molar-refractivity contribution is 6.19. The smallest absolute Gasteiger partial charge is 0.0717 e. The summed E-state index contributed by atoms with van der Waals surface area (Å²) in [6.45, 7) is 6.99. The van der Waals surface area contributed by atoms with E-state index in [1.54, 1.807) is 0 Å². The van der Waals surface area contributed by atoms with Gasteiger partial charge in [-0.1, -0.05) is 36.9 Å². The summed E-state index contributed by atoms with van der Waals surface area (Å²) in [4.78, 5) is 2.16. The number of alkyl halides is 1. The number of hydrogen-bond acceptors (Lipinski definition) is 2. The first-order valence-electron chi connectivity index (χ1n) is 5.75. The molecule has 2 nitrogen and oxygen atoms in total. The summed E-state index contributed by atoms with van der Waals surface area (Å²) in [6.07, 6.45) is 0. The minimum atomic E-state index is 0.523. The average Bonchev–Trinajstić information content (AvgIpc) is 2.36. The summed E-state index contributed by atoms with van der Waals surface area (Å²) < 4.78 is 5.60. The van der Waals surface area contributed by atoms with E-state index in [0.717, 1.165) is 25.3 Å². The third-order valence-electron chi connectivity index (χ3n) is 2.41. The van der Waals surface area contributed by atoms with Crippen LogP contribution in [0.25, 0.3) is 0 Å². The van der Waals surface area contributed by atoms with Crippen LogP contribution in [0.1, 0.15) is 5.56 Å². The molecule has 0 heterocycles. The molecular weight excluding hydrogens is 234 g/mol. The Morgan fingerprint density at radius 3 is 2.71 bits per heavy atom. The van der Waals surface area contributed by atoms with Crippen LogP contribution in [0, 0.1) is 0 Å². The lowest BCUT2D eigenvalue weighted by Crippen LogP contribution is -2.25. The number of hydrogen-bond donors (Lipinski definition) is 0. The van der Waals surface area contributed by atoms with Crippen molar-refractivity contribution in [2.45, 2.75) is 6.61 Å². The Kier molecular flexibility index (Phi) is 6.94. The van der Waals surface area contributed by atoms with E-state index in [4.69, 9.17) is 16.3 Å². The van der Waals surface area contributed by atoms with Gasteiger partial charge in [-0.05, 0) is 18.2 Å². The summed E-state index contributed by atoms with van der Waals surface area (Å²) >= 11 is 5.68. The highest BCUT2D eigenvalue weighted by Crippen LogP contribution is 2.01. The van der Waals surface area contributed by atoms with Gasteiger partial charge in [0, 0.05) is 19.0 Å². The Hall–Kier alpha value is -0.830. The van der Waals surface area contributed by atoms with Crippen LogP contribution in [0.5, 0.6) is 0 Å². The number of ether oxygens (including phenoxy) is 1. The first-order chi connectivity index (χ1) is 8.22. The van der Waals surface area contributed by atoms with Gasteiger partial charge >= 0.3 is 0 Å². The van der Waals surface area contributed by atoms with Gasteiger partial charge in [-0.25, -0.2) is 0 Å². The molecule has 94 valence electrons. The lowest BCUT2D eigenvalue weighted by atomic mass is 10.2. The minimum Gasteiger partial charge on any atom is -0.375 e. The normalized spacial score (nSPS) is 10.8. The fraction of sp³-hybridized carbons (Fsp3) is 0.429. The maximum atomic E-state index is 5.68. The van der Waals surface area contributed by atoms with Crippen molar-refractivity contribution in [2.75, 3.05) is 32.6 Å². The van der Waals surface area contributed by atoms with Gasteiger partial charge in [-0.15, -0.1) is 11.6 Å². The average molecular weight is 254 g/mol. The Morgan fingerprint density at radius 2 is 2.06 bits per heavy atom. The Morgan fingerprint density at radius 1 is 1.35 bits per heavy atom. The third-order valence-corrected chi connectivity index (χ3v) is 2.79. The molecule has 0 bridgehead atoms. The number of halogens is 1. The molecule has 0 radical (unpaired) electrons. The Balaban J connectivity index is 2.10. The van der Waals surface area contributed by atoms with Gasteiger partial charge in [-0.3, -0.25) is 0 Å². The van der Waals surface area contributed by atoms with Gasteiger partial charge in [0.2, 0.25) is 0 Å². The summed E-state index contributed by atoms with van der Waals surface area (Å²) in [7, 11) is 2.05. The van der Waals surface area contributed by atoms with E-state index >= 15 is 0 Å². The van der Waals surface area contributed by atoms with E-state index in [9.17, 15) is 0 Å². The predicted octanol–water partition coefficient (Wildman–Crippen LogP) is 2.93. The molecule has 0 N–H and O–H groups in total. The molecule has 17 heavy (non-hydrogen) atoms. The van der Waals surface area contributed by atoms with Crippen molar-refractivity contribution in [2.24, 2.45) is 0 Å². The summed E-state index contributed by atoms with van der Waals surface area (Å²) in [6, 6.07) is 10.2. The summed E-state index contributed by atoms with van der Waals surface area (Å²) in [5, 5.41) is 0. The molecule has 3 heteroatoms. The maximum Gasteiger partial charge on any atom is 0.0717 e. The van der Waals surface area contributed by atoms with Crippen molar-refractivity contribution in [3.63, 3.8) is 0 Å². The second-order valence-corrected chi connectivity index (χ2v) is 4.43. The first-order valence-corrected chi connectivity index (χ1v) is 6.28. The summed E-state index contributed by atoms with van der Waals surface area (Å²) in [5.74, 6) is 0.523. The highest BCUT2D eigenvalue weighted by Gasteiger charge is 2.00. The minimum absolute atomic E-state index is 0.523. The zero-order valence-electron chi connectivity index (χ0n) is 10.4. The lowest BCUT2D eigenvalue weighted by Gasteiger charge is -2.17. The second kappa shape index (κ2) is 8.29. The van der Waals surface area contributed by atoms with Gasteiger partial charge in [0.25, 0.3) is 0 Å². The van der Waals surface area contributed by atoms with Crippen molar-refractivity contribution in [3.8, 4) is 0 Å². The number of likely N-dealkylation sites (N-methyl/N-ethyl adjacent to an activating group) is 1. The number of rotatable bonds is 8. The molecule has 0 unspecified atom stereocenters. The lowest BCUT2D eigenvalue weighted by molar-refractivity contribution is 0.102. The van der Waals surface area contributed by atoms with Crippen LogP contribution in [-0.4, -0.2) is 37.5 Å². The standard InChI is InChI=1S/C14H20ClNO/c1-13(10-15)11-16(2)8-9-17-12-14-6-4-3-5-7-14/h3-7H,1,8-12H2,2H3. The van der Waals surface area contributed by atoms with Gasteiger partial charge in [0.05, 0.1) is 13.2 Å². The monoisotopic (exact) mass is 253 g/mol. The van der Waals surface area contributed by atoms with Crippen LogP contribution in [0.2, 0.25) is 0 Å². The molecule has 0 amide bonds. The van der Waals surface area contributed by atoms with E-state index in [1.165, 1.54) is 5.56 Å². The molecule has 0 aliphatic carbocycles. The zero-order chi connectivity index (χ0) is 12.5.